The summed E-state index contributed by atoms with van der Waals surface area (Å²) < 4.78 is 0. The van der Waals surface area contributed by atoms with Crippen molar-refractivity contribution in [2.75, 3.05) is 6.54 Å². The van der Waals surface area contributed by atoms with Gasteiger partial charge in [0, 0.05) is 6.04 Å². The van der Waals surface area contributed by atoms with Crippen LogP contribution in [0.25, 0.3) is 0 Å². The van der Waals surface area contributed by atoms with Crippen molar-refractivity contribution >= 4 is 0 Å². The predicted molar refractivity (Wildman–Crippen MR) is 74.5 cm³/mol. The Morgan fingerprint density at radius 1 is 0.875 bits per heavy atom. The van der Waals surface area contributed by atoms with Crippen LogP contribution in [-0.4, -0.2) is 12.6 Å². The van der Waals surface area contributed by atoms with E-state index >= 15 is 0 Å². The lowest BCUT2D eigenvalue weighted by molar-refractivity contribution is 0.380. The summed E-state index contributed by atoms with van der Waals surface area (Å²) in [6.07, 6.45) is 7.62. The van der Waals surface area contributed by atoms with Crippen LogP contribution in [0.5, 0.6) is 0 Å². The van der Waals surface area contributed by atoms with Crippen LogP contribution >= 0.6 is 0 Å². The first-order chi connectivity index (χ1) is 7.56. The zero-order chi connectivity index (χ0) is 12.4. The molecular formula is C15H32N. The highest BCUT2D eigenvalue weighted by molar-refractivity contribution is 4.69. The first-order valence-electron chi connectivity index (χ1n) is 7.08. The van der Waals surface area contributed by atoms with E-state index in [1.165, 1.54) is 32.1 Å². The molecule has 0 fully saturated rings. The van der Waals surface area contributed by atoms with E-state index in [1.54, 1.807) is 0 Å². The Bertz CT molecular complexity index is 128. The molecule has 1 N–H and O–H groups in total. The van der Waals surface area contributed by atoms with Gasteiger partial charge >= 0.3 is 0 Å². The van der Waals surface area contributed by atoms with Crippen LogP contribution in [-0.2, 0) is 0 Å². The Kier molecular flexibility index (Phi) is 10.1. The lowest BCUT2D eigenvalue weighted by Gasteiger charge is -2.20. The van der Waals surface area contributed by atoms with Gasteiger partial charge in [-0.05, 0) is 50.5 Å². The molecular weight excluding hydrogens is 194 g/mol. The van der Waals surface area contributed by atoms with E-state index < -0.39 is 0 Å². The molecule has 97 valence electrons. The van der Waals surface area contributed by atoms with Crippen LogP contribution in [0.15, 0.2) is 0 Å². The van der Waals surface area contributed by atoms with Gasteiger partial charge in [-0.3, -0.25) is 0 Å². The molecule has 0 bridgehead atoms. The second-order valence-corrected chi connectivity index (χ2v) is 5.80. The molecule has 0 aliphatic heterocycles. The number of rotatable bonds is 10. The van der Waals surface area contributed by atoms with Crippen LogP contribution < -0.4 is 5.32 Å². The molecule has 0 amide bonds. The number of unbranched alkanes of at least 4 members (excludes halogenated alkanes) is 1. The molecule has 0 aromatic rings. The average Bonchev–Trinajstić information content (AvgIpc) is 2.21. The van der Waals surface area contributed by atoms with Gasteiger partial charge in [0.2, 0.25) is 0 Å². The van der Waals surface area contributed by atoms with Crippen molar-refractivity contribution in [3.8, 4) is 0 Å². The van der Waals surface area contributed by atoms with Crippen molar-refractivity contribution in [2.24, 2.45) is 11.8 Å². The van der Waals surface area contributed by atoms with Gasteiger partial charge < -0.3 is 5.32 Å². The predicted octanol–water partition coefficient (Wildman–Crippen LogP) is 4.43. The SMILES string of the molecule is [CH2]CCCNC(CCC(C)C)CCC(C)C. The maximum atomic E-state index is 3.89. The fraction of sp³-hybridized carbons (Fsp3) is 0.933. The first kappa shape index (κ1) is 16.0. The smallest absolute Gasteiger partial charge is 0.00672 e. The third kappa shape index (κ3) is 10.5. The quantitative estimate of drug-likeness (QED) is 0.543. The first-order valence-corrected chi connectivity index (χ1v) is 7.08. The lowest BCUT2D eigenvalue weighted by Crippen LogP contribution is -2.30. The summed E-state index contributed by atoms with van der Waals surface area (Å²) in [6.45, 7) is 14.3. The van der Waals surface area contributed by atoms with E-state index in [-0.39, 0.29) is 0 Å². The van der Waals surface area contributed by atoms with Gasteiger partial charge in [0.15, 0.2) is 0 Å². The van der Waals surface area contributed by atoms with Crippen molar-refractivity contribution < 1.29 is 0 Å². The zero-order valence-electron chi connectivity index (χ0n) is 11.9. The molecule has 0 atom stereocenters. The fourth-order valence-corrected chi connectivity index (χ4v) is 1.85. The van der Waals surface area contributed by atoms with Crippen molar-refractivity contribution in [3.05, 3.63) is 6.92 Å². The van der Waals surface area contributed by atoms with Gasteiger partial charge in [0.05, 0.1) is 0 Å². The summed E-state index contributed by atoms with van der Waals surface area (Å²) in [7, 11) is 0. The molecule has 0 saturated heterocycles. The molecule has 0 aliphatic rings. The summed E-state index contributed by atoms with van der Waals surface area (Å²) in [6, 6.07) is 0.733. The minimum Gasteiger partial charge on any atom is -0.314 e. The number of nitrogens with one attached hydrogen (secondary N) is 1. The van der Waals surface area contributed by atoms with Gasteiger partial charge in [0.1, 0.15) is 0 Å². The fourth-order valence-electron chi connectivity index (χ4n) is 1.85. The minimum absolute atomic E-state index is 0.733. The highest BCUT2D eigenvalue weighted by Crippen LogP contribution is 2.14. The zero-order valence-corrected chi connectivity index (χ0v) is 11.9. The Hall–Kier alpha value is -0.0400. The third-order valence-corrected chi connectivity index (χ3v) is 3.04. The second-order valence-electron chi connectivity index (χ2n) is 5.80. The Balaban J connectivity index is 3.76. The van der Waals surface area contributed by atoms with Gasteiger partial charge in [-0.1, -0.05) is 41.0 Å². The molecule has 0 aliphatic carbocycles. The van der Waals surface area contributed by atoms with Gasteiger partial charge in [-0.25, -0.2) is 0 Å². The van der Waals surface area contributed by atoms with Crippen LogP contribution in [0.3, 0.4) is 0 Å². The van der Waals surface area contributed by atoms with Crippen molar-refractivity contribution in [2.45, 2.75) is 72.3 Å². The molecule has 16 heavy (non-hydrogen) atoms. The number of hydrogen-bond donors (Lipinski definition) is 1. The normalized spacial score (nSPS) is 12.0. The van der Waals surface area contributed by atoms with Crippen LogP contribution in [0.4, 0.5) is 0 Å². The van der Waals surface area contributed by atoms with Gasteiger partial charge in [-0.15, -0.1) is 0 Å². The molecule has 0 unspecified atom stereocenters. The minimum atomic E-state index is 0.733. The van der Waals surface area contributed by atoms with Gasteiger partial charge in [-0.2, -0.15) is 0 Å². The van der Waals surface area contributed by atoms with Crippen molar-refractivity contribution in [3.63, 3.8) is 0 Å². The maximum Gasteiger partial charge on any atom is 0.00672 e. The topological polar surface area (TPSA) is 12.0 Å². The van der Waals surface area contributed by atoms with Crippen molar-refractivity contribution in [1.29, 1.82) is 0 Å². The molecule has 0 aromatic heterocycles. The molecule has 0 saturated carbocycles. The summed E-state index contributed by atoms with van der Waals surface area (Å²) in [4.78, 5) is 0. The van der Waals surface area contributed by atoms with E-state index in [0.29, 0.717) is 0 Å². The molecule has 0 aromatic carbocycles. The molecule has 1 nitrogen and oxygen atoms in total. The maximum absolute atomic E-state index is 3.89. The molecule has 1 radical (unpaired) electrons. The molecule has 0 rings (SSSR count). The lowest BCUT2D eigenvalue weighted by atomic mass is 9.97. The van der Waals surface area contributed by atoms with E-state index in [4.69, 9.17) is 0 Å². The largest absolute Gasteiger partial charge is 0.314 e. The summed E-state index contributed by atoms with van der Waals surface area (Å²) >= 11 is 0. The average molecular weight is 226 g/mol. The summed E-state index contributed by atoms with van der Waals surface area (Å²) in [5.74, 6) is 1.66. The van der Waals surface area contributed by atoms with Crippen LogP contribution in [0.2, 0.25) is 0 Å². The van der Waals surface area contributed by atoms with Gasteiger partial charge in [0.25, 0.3) is 0 Å². The Morgan fingerprint density at radius 3 is 1.75 bits per heavy atom. The molecule has 1 heteroatoms. The monoisotopic (exact) mass is 226 g/mol. The highest BCUT2D eigenvalue weighted by atomic mass is 14.9. The standard InChI is InChI=1S/C15H32N/c1-6-7-12-16-15(10-8-13(2)3)11-9-14(4)5/h13-16H,1,6-12H2,2-5H3. The van der Waals surface area contributed by atoms with E-state index in [1.807, 2.05) is 0 Å². The molecule has 0 spiro atoms. The third-order valence-electron chi connectivity index (χ3n) is 3.04. The van der Waals surface area contributed by atoms with Crippen LogP contribution in [0.1, 0.15) is 66.2 Å². The molecule has 0 heterocycles. The van der Waals surface area contributed by atoms with Crippen LogP contribution in [0, 0.1) is 18.8 Å². The Morgan fingerprint density at radius 2 is 1.38 bits per heavy atom. The Labute approximate surface area is 103 Å². The van der Waals surface area contributed by atoms with E-state index in [0.717, 1.165) is 30.8 Å². The van der Waals surface area contributed by atoms with Crippen molar-refractivity contribution in [1.82, 2.24) is 5.32 Å². The summed E-state index contributed by atoms with van der Waals surface area (Å²) in [5, 5.41) is 3.69. The highest BCUT2D eigenvalue weighted by Gasteiger charge is 2.09. The number of hydrogen-bond acceptors (Lipinski definition) is 1. The van der Waals surface area contributed by atoms with E-state index in [9.17, 15) is 0 Å². The second kappa shape index (κ2) is 10.1. The van der Waals surface area contributed by atoms with E-state index in [2.05, 4.69) is 39.9 Å². The summed E-state index contributed by atoms with van der Waals surface area (Å²) in [5.41, 5.74) is 0.